The van der Waals surface area contributed by atoms with Crippen molar-refractivity contribution in [2.45, 2.75) is 25.2 Å². The van der Waals surface area contributed by atoms with Crippen LogP contribution >= 0.6 is 0 Å². The van der Waals surface area contributed by atoms with E-state index < -0.39 is 12.2 Å². The summed E-state index contributed by atoms with van der Waals surface area (Å²) in [6.07, 6.45) is -0.450. The summed E-state index contributed by atoms with van der Waals surface area (Å²) in [5.74, 6) is 0. The zero-order valence-electron chi connectivity index (χ0n) is 10.2. The van der Waals surface area contributed by atoms with Crippen LogP contribution < -0.4 is 5.73 Å². The summed E-state index contributed by atoms with van der Waals surface area (Å²) in [7, 11) is 0. The van der Waals surface area contributed by atoms with Crippen LogP contribution in [0.3, 0.4) is 0 Å². The van der Waals surface area contributed by atoms with Crippen LogP contribution in [0.1, 0.15) is 12.0 Å². The molecule has 1 saturated heterocycles. The Morgan fingerprint density at radius 3 is 2.78 bits per heavy atom. The van der Waals surface area contributed by atoms with Gasteiger partial charge in [0.2, 0.25) is 0 Å². The van der Waals surface area contributed by atoms with Crippen LogP contribution in [0.15, 0.2) is 30.3 Å². The fraction of sp³-hybridized carbons (Fsp3) is 0.462. The maximum absolute atomic E-state index is 11.8. The van der Waals surface area contributed by atoms with Crippen LogP contribution in [0.2, 0.25) is 0 Å². The lowest BCUT2D eigenvalue weighted by molar-refractivity contribution is 0.0395. The molecule has 3 N–H and O–H groups in total. The molecule has 0 aliphatic carbocycles. The fourth-order valence-electron chi connectivity index (χ4n) is 2.07. The molecule has 0 bridgehead atoms. The van der Waals surface area contributed by atoms with E-state index in [0.29, 0.717) is 19.5 Å². The number of amides is 1. The number of β-amino-alcohol motifs (C(OH)–C–C–N with tert-alkyl or cyclic N) is 1. The van der Waals surface area contributed by atoms with Crippen LogP contribution in [0, 0.1) is 0 Å². The van der Waals surface area contributed by atoms with E-state index in [-0.39, 0.29) is 12.6 Å². The molecule has 0 spiro atoms. The molecular weight excluding hydrogens is 232 g/mol. The average Bonchev–Trinajstić information content (AvgIpc) is 2.36. The number of piperidine rings is 1. The van der Waals surface area contributed by atoms with Crippen molar-refractivity contribution in [3.63, 3.8) is 0 Å². The van der Waals surface area contributed by atoms with Gasteiger partial charge in [-0.05, 0) is 12.0 Å². The predicted molar refractivity (Wildman–Crippen MR) is 66.8 cm³/mol. The third kappa shape index (κ3) is 3.45. The second kappa shape index (κ2) is 5.84. The van der Waals surface area contributed by atoms with Gasteiger partial charge in [-0.1, -0.05) is 30.3 Å². The number of aliphatic hydroxyl groups excluding tert-OH is 1. The van der Waals surface area contributed by atoms with E-state index >= 15 is 0 Å². The summed E-state index contributed by atoms with van der Waals surface area (Å²) in [4.78, 5) is 13.3. The van der Waals surface area contributed by atoms with Crippen molar-refractivity contribution in [1.29, 1.82) is 0 Å². The van der Waals surface area contributed by atoms with Crippen molar-refractivity contribution in [2.75, 3.05) is 13.1 Å². The average molecular weight is 250 g/mol. The summed E-state index contributed by atoms with van der Waals surface area (Å²) in [6, 6.07) is 9.30. The third-order valence-electron chi connectivity index (χ3n) is 2.92. The highest BCUT2D eigenvalue weighted by Crippen LogP contribution is 2.11. The van der Waals surface area contributed by atoms with Crippen molar-refractivity contribution in [3.05, 3.63) is 35.9 Å². The van der Waals surface area contributed by atoms with Gasteiger partial charge in [0.1, 0.15) is 6.61 Å². The Hall–Kier alpha value is -1.59. The first kappa shape index (κ1) is 12.9. The van der Waals surface area contributed by atoms with E-state index in [9.17, 15) is 9.90 Å². The van der Waals surface area contributed by atoms with Crippen molar-refractivity contribution in [3.8, 4) is 0 Å². The minimum absolute atomic E-state index is 0.182. The lowest BCUT2D eigenvalue weighted by Crippen LogP contribution is -2.51. The smallest absolute Gasteiger partial charge is 0.410 e. The minimum atomic E-state index is -0.557. The van der Waals surface area contributed by atoms with Gasteiger partial charge < -0.3 is 20.5 Å². The number of rotatable bonds is 2. The monoisotopic (exact) mass is 250 g/mol. The molecule has 1 aromatic rings. The van der Waals surface area contributed by atoms with E-state index in [4.69, 9.17) is 10.5 Å². The van der Waals surface area contributed by atoms with Gasteiger partial charge in [-0.25, -0.2) is 4.79 Å². The number of ether oxygens (including phenoxy) is 1. The Labute approximate surface area is 106 Å². The molecule has 0 unspecified atom stereocenters. The van der Waals surface area contributed by atoms with E-state index in [1.807, 2.05) is 30.3 Å². The summed E-state index contributed by atoms with van der Waals surface area (Å²) in [5.41, 5.74) is 6.69. The molecule has 0 saturated carbocycles. The number of hydrogen-bond donors (Lipinski definition) is 2. The maximum atomic E-state index is 11.8. The summed E-state index contributed by atoms with van der Waals surface area (Å²) in [6.45, 7) is 0.966. The van der Waals surface area contributed by atoms with Gasteiger partial charge in [0.25, 0.3) is 0 Å². The van der Waals surface area contributed by atoms with Crippen LogP contribution in [-0.2, 0) is 11.3 Å². The number of hydrogen-bond acceptors (Lipinski definition) is 4. The van der Waals surface area contributed by atoms with Crippen molar-refractivity contribution in [1.82, 2.24) is 4.90 Å². The Kier molecular flexibility index (Phi) is 4.17. The first-order valence-electron chi connectivity index (χ1n) is 6.04. The molecule has 1 fully saturated rings. The highest BCUT2D eigenvalue weighted by Gasteiger charge is 2.27. The molecule has 98 valence electrons. The van der Waals surface area contributed by atoms with Crippen molar-refractivity contribution < 1.29 is 14.6 Å². The molecule has 1 heterocycles. The Bertz CT molecular complexity index is 386. The lowest BCUT2D eigenvalue weighted by Gasteiger charge is -2.33. The van der Waals surface area contributed by atoms with E-state index in [1.165, 1.54) is 4.90 Å². The quantitative estimate of drug-likeness (QED) is 0.811. The second-order valence-corrected chi connectivity index (χ2v) is 4.59. The molecule has 1 aromatic carbocycles. The summed E-state index contributed by atoms with van der Waals surface area (Å²) in [5, 5.41) is 9.55. The lowest BCUT2D eigenvalue weighted by atomic mass is 10.0. The molecule has 1 aliphatic heterocycles. The first-order chi connectivity index (χ1) is 8.65. The largest absolute Gasteiger partial charge is 0.445 e. The third-order valence-corrected chi connectivity index (χ3v) is 2.92. The highest BCUT2D eigenvalue weighted by atomic mass is 16.6. The molecule has 18 heavy (non-hydrogen) atoms. The number of carbonyl (C=O) groups excluding carboxylic acids is 1. The fourth-order valence-corrected chi connectivity index (χ4v) is 2.07. The Morgan fingerprint density at radius 1 is 1.39 bits per heavy atom. The van der Waals surface area contributed by atoms with Crippen molar-refractivity contribution >= 4 is 6.09 Å². The summed E-state index contributed by atoms with van der Waals surface area (Å²) < 4.78 is 5.18. The van der Waals surface area contributed by atoms with Gasteiger partial charge in [0, 0.05) is 12.6 Å². The van der Waals surface area contributed by atoms with E-state index in [1.54, 1.807) is 0 Å². The normalized spacial score (nSPS) is 23.8. The molecule has 2 rings (SSSR count). The zero-order valence-corrected chi connectivity index (χ0v) is 10.2. The van der Waals surface area contributed by atoms with Gasteiger partial charge in [-0.15, -0.1) is 0 Å². The first-order valence-corrected chi connectivity index (χ1v) is 6.04. The molecule has 0 aromatic heterocycles. The number of benzene rings is 1. The van der Waals surface area contributed by atoms with E-state index in [2.05, 4.69) is 0 Å². The summed E-state index contributed by atoms with van der Waals surface area (Å²) >= 11 is 0. The van der Waals surface area contributed by atoms with Gasteiger partial charge in [0.05, 0.1) is 12.6 Å². The molecule has 0 radical (unpaired) electrons. The van der Waals surface area contributed by atoms with Crippen LogP contribution in [0.4, 0.5) is 4.79 Å². The van der Waals surface area contributed by atoms with Crippen LogP contribution in [-0.4, -0.2) is 41.3 Å². The Balaban J connectivity index is 1.84. The predicted octanol–water partition coefficient (Wildman–Crippen LogP) is 0.717. The highest BCUT2D eigenvalue weighted by molar-refractivity contribution is 5.67. The molecule has 2 atom stereocenters. The zero-order chi connectivity index (χ0) is 13.0. The SMILES string of the molecule is N[C@H]1C[C@@H](O)CN(C(=O)OCc2ccccc2)C1. The van der Waals surface area contributed by atoms with Gasteiger partial charge in [-0.3, -0.25) is 0 Å². The molecule has 5 heteroatoms. The van der Waals surface area contributed by atoms with E-state index in [0.717, 1.165) is 5.56 Å². The maximum Gasteiger partial charge on any atom is 0.410 e. The van der Waals surface area contributed by atoms with Crippen molar-refractivity contribution in [2.24, 2.45) is 5.73 Å². The number of aliphatic hydroxyl groups is 1. The van der Waals surface area contributed by atoms with Crippen LogP contribution in [0.25, 0.3) is 0 Å². The van der Waals surface area contributed by atoms with Gasteiger partial charge in [-0.2, -0.15) is 0 Å². The number of nitrogens with zero attached hydrogens (tertiary/aromatic N) is 1. The van der Waals surface area contributed by atoms with Gasteiger partial charge >= 0.3 is 6.09 Å². The molecule has 1 amide bonds. The topological polar surface area (TPSA) is 75.8 Å². The van der Waals surface area contributed by atoms with Crippen LogP contribution in [0.5, 0.6) is 0 Å². The molecule has 1 aliphatic rings. The number of carbonyl (C=O) groups is 1. The second-order valence-electron chi connectivity index (χ2n) is 4.59. The Morgan fingerprint density at radius 2 is 2.11 bits per heavy atom. The molecule has 5 nitrogen and oxygen atoms in total. The standard InChI is InChI=1S/C13H18N2O3/c14-11-6-12(16)8-15(7-11)13(17)18-9-10-4-2-1-3-5-10/h1-5,11-12,16H,6-9,14H2/t11-,12+/m0/s1. The minimum Gasteiger partial charge on any atom is -0.445 e. The number of likely N-dealkylation sites (tertiary alicyclic amines) is 1. The van der Waals surface area contributed by atoms with Gasteiger partial charge in [0.15, 0.2) is 0 Å². The molecular formula is C13H18N2O3. The number of nitrogens with two attached hydrogens (primary N) is 1.